The molecule has 2 aromatic carbocycles. The average molecular weight is 472 g/mol. The molecule has 1 unspecified atom stereocenters. The SMILES string of the molecule is COc1ccc(C2=CC(C)(c3nc(-c4c(F)cccc4Cl)no3)ON2)cc1OC1CCCC1. The minimum absolute atomic E-state index is 0.0523. The summed E-state index contributed by atoms with van der Waals surface area (Å²) >= 11 is 6.13. The van der Waals surface area contributed by atoms with Gasteiger partial charge in [-0.1, -0.05) is 22.8 Å². The van der Waals surface area contributed by atoms with Gasteiger partial charge in [0.2, 0.25) is 5.82 Å². The number of nitrogens with one attached hydrogen (secondary N) is 1. The Labute approximate surface area is 195 Å². The van der Waals surface area contributed by atoms with Gasteiger partial charge < -0.3 is 14.0 Å². The molecule has 1 saturated carbocycles. The second-order valence-electron chi connectivity index (χ2n) is 8.28. The van der Waals surface area contributed by atoms with Crippen molar-refractivity contribution in [1.29, 1.82) is 0 Å². The fourth-order valence-electron chi connectivity index (χ4n) is 4.10. The summed E-state index contributed by atoms with van der Waals surface area (Å²) in [5.74, 6) is 1.05. The normalized spacial score (nSPS) is 20.5. The molecule has 1 aliphatic carbocycles. The lowest BCUT2D eigenvalue weighted by Crippen LogP contribution is -2.23. The van der Waals surface area contributed by atoms with E-state index in [9.17, 15) is 4.39 Å². The summed E-state index contributed by atoms with van der Waals surface area (Å²) in [6.45, 7) is 1.77. The van der Waals surface area contributed by atoms with Gasteiger partial charge in [0, 0.05) is 5.56 Å². The predicted octanol–water partition coefficient (Wildman–Crippen LogP) is 5.65. The molecule has 1 fully saturated rings. The molecule has 2 aliphatic rings. The molecule has 1 atom stereocenters. The highest BCUT2D eigenvalue weighted by molar-refractivity contribution is 6.33. The number of ether oxygens (including phenoxy) is 2. The maximum Gasteiger partial charge on any atom is 0.265 e. The lowest BCUT2D eigenvalue weighted by atomic mass is 10.0. The van der Waals surface area contributed by atoms with Gasteiger partial charge in [0.15, 0.2) is 17.1 Å². The van der Waals surface area contributed by atoms with Crippen molar-refractivity contribution in [2.45, 2.75) is 44.3 Å². The van der Waals surface area contributed by atoms with Gasteiger partial charge in [0.05, 0.1) is 29.5 Å². The van der Waals surface area contributed by atoms with E-state index < -0.39 is 11.4 Å². The first-order valence-corrected chi connectivity index (χ1v) is 11.1. The van der Waals surface area contributed by atoms with Crippen molar-refractivity contribution in [1.82, 2.24) is 15.6 Å². The number of rotatable bonds is 6. The number of methoxy groups -OCH3 is 1. The fourth-order valence-corrected chi connectivity index (χ4v) is 4.35. The standard InChI is InChI=1S/C24H23ClFN3O4/c1-24(23-27-22(29-32-23)21-16(25)8-5-9-17(21)26)13-18(28-33-24)14-10-11-19(30-2)20(12-14)31-15-6-3-4-7-15/h5,8-13,15,28H,3-4,6-7H2,1-2H3. The van der Waals surface area contributed by atoms with E-state index in [1.165, 1.54) is 25.0 Å². The molecule has 172 valence electrons. The highest BCUT2D eigenvalue weighted by Gasteiger charge is 2.39. The second kappa shape index (κ2) is 8.68. The summed E-state index contributed by atoms with van der Waals surface area (Å²) in [5.41, 5.74) is 3.50. The van der Waals surface area contributed by atoms with E-state index in [4.69, 9.17) is 30.4 Å². The Balaban J connectivity index is 1.43. The van der Waals surface area contributed by atoms with Crippen LogP contribution in [0.5, 0.6) is 11.5 Å². The zero-order valence-corrected chi connectivity index (χ0v) is 19.0. The van der Waals surface area contributed by atoms with E-state index in [0.717, 1.165) is 18.4 Å². The fraction of sp³-hybridized carbons (Fsp3) is 0.333. The van der Waals surface area contributed by atoms with Gasteiger partial charge in [-0.25, -0.2) is 4.39 Å². The van der Waals surface area contributed by atoms with Crippen LogP contribution in [0.4, 0.5) is 4.39 Å². The Morgan fingerprint density at radius 2 is 2.00 bits per heavy atom. The minimum atomic E-state index is -1.06. The van der Waals surface area contributed by atoms with Crippen LogP contribution in [0.3, 0.4) is 0 Å². The van der Waals surface area contributed by atoms with Crippen LogP contribution in [0.15, 0.2) is 47.0 Å². The molecule has 0 amide bonds. The van der Waals surface area contributed by atoms with Crippen molar-refractivity contribution in [3.8, 4) is 22.9 Å². The summed E-state index contributed by atoms with van der Waals surface area (Å²) in [6.07, 6.45) is 6.46. The van der Waals surface area contributed by atoms with Crippen LogP contribution >= 0.6 is 11.6 Å². The highest BCUT2D eigenvalue weighted by atomic mass is 35.5. The summed E-state index contributed by atoms with van der Waals surface area (Å²) in [5, 5.41) is 4.10. The van der Waals surface area contributed by atoms with Crippen molar-refractivity contribution >= 4 is 17.3 Å². The van der Waals surface area contributed by atoms with Gasteiger partial charge in [0.1, 0.15) is 5.82 Å². The third-order valence-electron chi connectivity index (χ3n) is 5.90. The molecule has 2 heterocycles. The summed E-state index contributed by atoms with van der Waals surface area (Å²) < 4.78 is 31.3. The Hall–Kier alpha value is -3.10. The van der Waals surface area contributed by atoms with Crippen LogP contribution in [0, 0.1) is 5.82 Å². The number of hydrogen-bond acceptors (Lipinski definition) is 7. The topological polar surface area (TPSA) is 78.6 Å². The Morgan fingerprint density at radius 1 is 1.18 bits per heavy atom. The van der Waals surface area contributed by atoms with Crippen LogP contribution in [0.25, 0.3) is 17.1 Å². The number of hydroxylamine groups is 1. The molecule has 0 spiro atoms. The third-order valence-corrected chi connectivity index (χ3v) is 6.22. The van der Waals surface area contributed by atoms with Gasteiger partial charge in [-0.3, -0.25) is 10.3 Å². The van der Waals surface area contributed by atoms with Crippen LogP contribution < -0.4 is 15.0 Å². The maximum absolute atomic E-state index is 14.3. The largest absolute Gasteiger partial charge is 0.493 e. The van der Waals surface area contributed by atoms with Crippen LogP contribution in [0.2, 0.25) is 5.02 Å². The molecule has 3 aromatic rings. The van der Waals surface area contributed by atoms with E-state index in [1.54, 1.807) is 20.1 Å². The highest BCUT2D eigenvalue weighted by Crippen LogP contribution is 2.39. The van der Waals surface area contributed by atoms with Gasteiger partial charge in [0.25, 0.3) is 5.89 Å². The smallest absolute Gasteiger partial charge is 0.265 e. The van der Waals surface area contributed by atoms with Crippen LogP contribution in [-0.4, -0.2) is 23.4 Å². The van der Waals surface area contributed by atoms with Crippen molar-refractivity contribution in [2.24, 2.45) is 0 Å². The molecular formula is C24H23ClFN3O4. The molecule has 1 N–H and O–H groups in total. The van der Waals surface area contributed by atoms with Gasteiger partial charge in [-0.15, -0.1) is 0 Å². The predicted molar refractivity (Wildman–Crippen MR) is 120 cm³/mol. The Morgan fingerprint density at radius 3 is 2.76 bits per heavy atom. The first-order valence-electron chi connectivity index (χ1n) is 10.8. The minimum Gasteiger partial charge on any atom is -0.493 e. The van der Waals surface area contributed by atoms with E-state index >= 15 is 0 Å². The van der Waals surface area contributed by atoms with Gasteiger partial charge >= 0.3 is 0 Å². The Bertz CT molecular complexity index is 1190. The summed E-state index contributed by atoms with van der Waals surface area (Å²) in [6, 6.07) is 10.1. The van der Waals surface area contributed by atoms with E-state index in [0.29, 0.717) is 17.2 Å². The lowest BCUT2D eigenvalue weighted by Gasteiger charge is -2.17. The van der Waals surface area contributed by atoms with E-state index in [1.807, 2.05) is 24.3 Å². The third kappa shape index (κ3) is 4.16. The van der Waals surface area contributed by atoms with Crippen molar-refractivity contribution < 1.29 is 23.2 Å². The molecule has 33 heavy (non-hydrogen) atoms. The molecule has 1 aliphatic heterocycles. The zero-order valence-electron chi connectivity index (χ0n) is 18.2. The first kappa shape index (κ1) is 21.7. The molecule has 5 rings (SSSR count). The number of hydrogen-bond donors (Lipinski definition) is 1. The number of halogens is 2. The lowest BCUT2D eigenvalue weighted by molar-refractivity contribution is -0.0445. The number of benzene rings is 2. The van der Waals surface area contributed by atoms with Crippen molar-refractivity contribution in [3.63, 3.8) is 0 Å². The number of aromatic nitrogens is 2. The van der Waals surface area contributed by atoms with Crippen molar-refractivity contribution in [2.75, 3.05) is 7.11 Å². The molecule has 7 nitrogen and oxygen atoms in total. The molecule has 0 bridgehead atoms. The zero-order chi connectivity index (χ0) is 23.0. The van der Waals surface area contributed by atoms with Gasteiger partial charge in [-0.05, 0) is 69.0 Å². The molecule has 9 heteroatoms. The molecule has 0 saturated heterocycles. The quantitative estimate of drug-likeness (QED) is 0.497. The molecule has 0 radical (unpaired) electrons. The monoisotopic (exact) mass is 471 g/mol. The van der Waals surface area contributed by atoms with Crippen LogP contribution in [0.1, 0.15) is 44.1 Å². The van der Waals surface area contributed by atoms with E-state index in [2.05, 4.69) is 15.6 Å². The van der Waals surface area contributed by atoms with E-state index in [-0.39, 0.29) is 28.4 Å². The Kier molecular flexibility index (Phi) is 5.72. The summed E-state index contributed by atoms with van der Waals surface area (Å²) in [7, 11) is 1.62. The maximum atomic E-state index is 14.3. The molecular weight excluding hydrogens is 449 g/mol. The number of nitrogens with zero attached hydrogens (tertiary/aromatic N) is 2. The van der Waals surface area contributed by atoms with Crippen molar-refractivity contribution in [3.05, 3.63) is 64.8 Å². The average Bonchev–Trinajstić information content (AvgIpc) is 3.56. The van der Waals surface area contributed by atoms with Gasteiger partial charge in [-0.2, -0.15) is 4.98 Å². The summed E-state index contributed by atoms with van der Waals surface area (Å²) in [4.78, 5) is 10.1. The molecule has 1 aromatic heterocycles. The first-order chi connectivity index (χ1) is 16.0. The second-order valence-corrected chi connectivity index (χ2v) is 8.69. The van der Waals surface area contributed by atoms with Crippen LogP contribution in [-0.2, 0) is 10.4 Å².